The lowest BCUT2D eigenvalue weighted by atomic mass is 10.1. The number of hydrogen-bond acceptors (Lipinski definition) is 2. The van der Waals surface area contributed by atoms with Gasteiger partial charge in [0, 0.05) is 12.5 Å². The first-order valence-electron chi connectivity index (χ1n) is 4.08. The minimum Gasteiger partial charge on any atom is -0.497 e. The highest BCUT2D eigenvalue weighted by molar-refractivity contribution is 5.31. The second-order valence-corrected chi connectivity index (χ2v) is 2.74. The maximum absolute atomic E-state index is 13.1. The Balaban J connectivity index is 3.02. The lowest BCUT2D eigenvalue weighted by Crippen LogP contribution is -1.96. The number of aryl methyl sites for hydroxylation is 1. The predicted octanol–water partition coefficient (Wildman–Crippen LogP) is 2.43. The number of methoxy groups -OCH3 is 1. The van der Waals surface area contributed by atoms with Gasteiger partial charge in [-0.25, -0.2) is 8.78 Å². The molecule has 0 heterocycles. The summed E-state index contributed by atoms with van der Waals surface area (Å²) in [5.41, 5.74) is 0.170. The van der Waals surface area contributed by atoms with Gasteiger partial charge in [0.2, 0.25) is 0 Å². The topological polar surface area (TPSA) is 33.0 Å². The van der Waals surface area contributed by atoms with Gasteiger partial charge < -0.3 is 4.74 Å². The van der Waals surface area contributed by atoms with Crippen molar-refractivity contribution in [2.75, 3.05) is 7.11 Å². The van der Waals surface area contributed by atoms with Crippen molar-refractivity contribution in [3.63, 3.8) is 0 Å². The van der Waals surface area contributed by atoms with Gasteiger partial charge in [-0.2, -0.15) is 5.26 Å². The number of benzene rings is 1. The van der Waals surface area contributed by atoms with Crippen LogP contribution in [0.4, 0.5) is 8.78 Å². The van der Waals surface area contributed by atoms with E-state index in [1.54, 1.807) is 0 Å². The van der Waals surface area contributed by atoms with Crippen molar-refractivity contribution < 1.29 is 13.5 Å². The summed E-state index contributed by atoms with van der Waals surface area (Å²) < 4.78 is 30.8. The smallest absolute Gasteiger partial charge is 0.162 e. The molecule has 1 aromatic carbocycles. The fourth-order valence-corrected chi connectivity index (χ4v) is 1.11. The number of ether oxygens (including phenoxy) is 1. The van der Waals surface area contributed by atoms with Crippen molar-refractivity contribution in [1.29, 1.82) is 5.26 Å². The summed E-state index contributed by atoms with van der Waals surface area (Å²) in [5.74, 6) is -1.59. The van der Waals surface area contributed by atoms with Gasteiger partial charge >= 0.3 is 0 Å². The Morgan fingerprint density at radius 1 is 1.43 bits per heavy atom. The quantitative estimate of drug-likeness (QED) is 0.745. The van der Waals surface area contributed by atoms with Gasteiger partial charge in [0.25, 0.3) is 0 Å². The van der Waals surface area contributed by atoms with Crippen LogP contribution in [0.5, 0.6) is 5.75 Å². The van der Waals surface area contributed by atoms with Gasteiger partial charge in [-0.05, 0) is 18.1 Å². The first kappa shape index (κ1) is 10.5. The Bertz CT molecular complexity index is 371. The predicted molar refractivity (Wildman–Crippen MR) is 46.8 cm³/mol. The number of rotatable bonds is 3. The van der Waals surface area contributed by atoms with Gasteiger partial charge in [0.05, 0.1) is 13.2 Å². The fraction of sp³-hybridized carbons (Fsp3) is 0.300. The lowest BCUT2D eigenvalue weighted by Gasteiger charge is -2.05. The Morgan fingerprint density at radius 3 is 2.71 bits per heavy atom. The van der Waals surface area contributed by atoms with Crippen LogP contribution in [0.3, 0.4) is 0 Å². The monoisotopic (exact) mass is 197 g/mol. The molecule has 0 N–H and O–H groups in total. The van der Waals surface area contributed by atoms with Gasteiger partial charge in [-0.3, -0.25) is 0 Å². The maximum atomic E-state index is 13.1. The minimum atomic E-state index is -0.947. The fourth-order valence-electron chi connectivity index (χ4n) is 1.11. The van der Waals surface area contributed by atoms with Gasteiger partial charge in [0.15, 0.2) is 11.6 Å². The first-order chi connectivity index (χ1) is 6.69. The molecule has 0 aliphatic carbocycles. The molecular weight excluding hydrogens is 188 g/mol. The Hall–Kier alpha value is -1.63. The summed E-state index contributed by atoms with van der Waals surface area (Å²) in [5, 5.41) is 8.32. The van der Waals surface area contributed by atoms with Crippen LogP contribution in [0.1, 0.15) is 12.0 Å². The number of hydrogen-bond donors (Lipinski definition) is 0. The maximum Gasteiger partial charge on any atom is 0.162 e. The third-order valence-corrected chi connectivity index (χ3v) is 1.82. The highest BCUT2D eigenvalue weighted by atomic mass is 19.2. The molecule has 14 heavy (non-hydrogen) atoms. The molecule has 0 spiro atoms. The van der Waals surface area contributed by atoms with E-state index in [-0.39, 0.29) is 24.2 Å². The molecule has 0 aliphatic rings. The van der Waals surface area contributed by atoms with Crippen molar-refractivity contribution in [2.45, 2.75) is 12.8 Å². The van der Waals surface area contributed by atoms with Crippen molar-refractivity contribution in [2.24, 2.45) is 0 Å². The van der Waals surface area contributed by atoms with Crippen LogP contribution in [0.15, 0.2) is 12.1 Å². The van der Waals surface area contributed by atoms with Crippen molar-refractivity contribution in [1.82, 2.24) is 0 Å². The molecule has 1 rings (SSSR count). The van der Waals surface area contributed by atoms with E-state index < -0.39 is 11.6 Å². The van der Waals surface area contributed by atoms with Crippen LogP contribution in [0.2, 0.25) is 0 Å². The molecule has 0 bridgehead atoms. The molecule has 0 aliphatic heterocycles. The van der Waals surface area contributed by atoms with Gasteiger partial charge in [-0.15, -0.1) is 0 Å². The van der Waals surface area contributed by atoms with Crippen molar-refractivity contribution >= 4 is 0 Å². The van der Waals surface area contributed by atoms with Crippen LogP contribution < -0.4 is 4.74 Å². The second kappa shape index (κ2) is 4.56. The SMILES string of the molecule is COc1cc(F)c(F)c(CCC#N)c1. The molecule has 0 fully saturated rings. The normalized spacial score (nSPS) is 9.57. The Labute approximate surface area is 80.7 Å². The van der Waals surface area contributed by atoms with E-state index in [1.807, 2.05) is 6.07 Å². The average molecular weight is 197 g/mol. The molecule has 74 valence electrons. The van der Waals surface area contributed by atoms with Crippen LogP contribution in [-0.4, -0.2) is 7.11 Å². The Kier molecular flexibility index (Phi) is 3.41. The lowest BCUT2D eigenvalue weighted by molar-refractivity contribution is 0.404. The van der Waals surface area contributed by atoms with Crippen LogP contribution in [-0.2, 0) is 6.42 Å². The molecule has 0 radical (unpaired) electrons. The van der Waals surface area contributed by atoms with Crippen LogP contribution in [0.25, 0.3) is 0 Å². The van der Waals surface area contributed by atoms with E-state index in [4.69, 9.17) is 10.00 Å². The van der Waals surface area contributed by atoms with Crippen LogP contribution >= 0.6 is 0 Å². The molecule has 4 heteroatoms. The molecule has 1 aromatic rings. The second-order valence-electron chi connectivity index (χ2n) is 2.74. The van der Waals surface area contributed by atoms with Crippen molar-refractivity contribution in [3.8, 4) is 11.8 Å². The third kappa shape index (κ3) is 2.19. The zero-order valence-corrected chi connectivity index (χ0v) is 7.68. The largest absolute Gasteiger partial charge is 0.497 e. The highest BCUT2D eigenvalue weighted by Crippen LogP contribution is 2.21. The average Bonchev–Trinajstić information content (AvgIpc) is 2.20. The summed E-state index contributed by atoms with van der Waals surface area (Å²) in [7, 11) is 1.38. The standard InChI is InChI=1S/C10H9F2NO/c1-14-8-5-7(3-2-4-13)10(12)9(11)6-8/h5-6H,2-3H2,1H3. The molecule has 2 nitrogen and oxygen atoms in total. The minimum absolute atomic E-state index is 0.156. The third-order valence-electron chi connectivity index (χ3n) is 1.82. The van der Waals surface area contributed by atoms with Gasteiger partial charge in [0.1, 0.15) is 5.75 Å². The van der Waals surface area contributed by atoms with E-state index in [1.165, 1.54) is 13.2 Å². The molecule has 0 unspecified atom stereocenters. The summed E-state index contributed by atoms with van der Waals surface area (Å²) in [6.07, 6.45) is 0.347. The van der Waals surface area contributed by atoms with Crippen LogP contribution in [0, 0.1) is 23.0 Å². The molecule has 0 saturated heterocycles. The molecule has 0 saturated carbocycles. The first-order valence-corrected chi connectivity index (χ1v) is 4.08. The highest BCUT2D eigenvalue weighted by Gasteiger charge is 2.10. The molecular formula is C10H9F2NO. The summed E-state index contributed by atoms with van der Waals surface area (Å²) in [6, 6.07) is 4.25. The van der Waals surface area contributed by atoms with E-state index >= 15 is 0 Å². The molecule has 0 aromatic heterocycles. The van der Waals surface area contributed by atoms with Gasteiger partial charge in [-0.1, -0.05) is 0 Å². The Morgan fingerprint density at radius 2 is 2.14 bits per heavy atom. The number of nitrogens with zero attached hydrogens (tertiary/aromatic N) is 1. The van der Waals surface area contributed by atoms with E-state index in [0.717, 1.165) is 6.07 Å². The van der Waals surface area contributed by atoms with E-state index in [2.05, 4.69) is 0 Å². The molecule has 0 atom stereocenters. The number of halogens is 2. The zero-order chi connectivity index (χ0) is 10.6. The summed E-state index contributed by atoms with van der Waals surface area (Å²) in [4.78, 5) is 0. The number of nitriles is 1. The molecule has 0 amide bonds. The van der Waals surface area contributed by atoms with E-state index in [9.17, 15) is 8.78 Å². The zero-order valence-electron chi connectivity index (χ0n) is 7.68. The summed E-state index contributed by atoms with van der Waals surface area (Å²) in [6.45, 7) is 0. The summed E-state index contributed by atoms with van der Waals surface area (Å²) >= 11 is 0. The van der Waals surface area contributed by atoms with E-state index in [0.29, 0.717) is 0 Å². The van der Waals surface area contributed by atoms with Crippen molar-refractivity contribution in [3.05, 3.63) is 29.3 Å².